The normalized spacial score (nSPS) is 10.3. The fourth-order valence-electron chi connectivity index (χ4n) is 2.10. The Morgan fingerprint density at radius 3 is 2.58 bits per heavy atom. The van der Waals surface area contributed by atoms with Crippen molar-refractivity contribution in [1.29, 1.82) is 0 Å². The van der Waals surface area contributed by atoms with Gasteiger partial charge in [0.25, 0.3) is 5.91 Å². The quantitative estimate of drug-likeness (QED) is 0.764. The molecule has 1 aromatic carbocycles. The van der Waals surface area contributed by atoms with Gasteiger partial charge < -0.3 is 14.8 Å². The predicted molar refractivity (Wildman–Crippen MR) is 95.4 cm³/mol. The molecule has 138 valence electrons. The summed E-state index contributed by atoms with van der Waals surface area (Å²) >= 11 is 0.989. The molecule has 0 atom stereocenters. The number of aryl methyl sites for hydroxylation is 2. The van der Waals surface area contributed by atoms with Gasteiger partial charge in [0, 0.05) is 16.8 Å². The first-order chi connectivity index (χ1) is 12.3. The second-order valence-corrected chi connectivity index (χ2v) is 6.28. The monoisotopic (exact) mass is 378 g/mol. The molecule has 9 heteroatoms. The Labute approximate surface area is 153 Å². The Balaban J connectivity index is 1.94. The van der Waals surface area contributed by atoms with Crippen LogP contribution in [-0.4, -0.2) is 36.1 Å². The second kappa shape index (κ2) is 8.43. The topological polar surface area (TPSA) is 104 Å². The van der Waals surface area contributed by atoms with E-state index >= 15 is 0 Å². The Hall–Kier alpha value is -2.94. The van der Waals surface area contributed by atoms with E-state index in [1.165, 1.54) is 17.7 Å². The molecule has 0 aliphatic heterocycles. The smallest absolute Gasteiger partial charge is 0.337 e. The molecule has 26 heavy (non-hydrogen) atoms. The van der Waals surface area contributed by atoms with E-state index in [0.29, 0.717) is 11.4 Å². The predicted octanol–water partition coefficient (Wildman–Crippen LogP) is 1.50. The van der Waals surface area contributed by atoms with Gasteiger partial charge in [-0.15, -0.1) is 0 Å². The number of methoxy groups -OCH3 is 1. The lowest BCUT2D eigenvalue weighted by atomic mass is 10.1. The highest BCUT2D eigenvalue weighted by molar-refractivity contribution is 7.07. The number of thiazole rings is 1. The molecule has 8 nitrogen and oxygen atoms in total. The Kier molecular flexibility index (Phi) is 6.29. The van der Waals surface area contributed by atoms with Gasteiger partial charge in [0.05, 0.1) is 12.7 Å². The highest BCUT2D eigenvalue weighted by Crippen LogP contribution is 2.17. The summed E-state index contributed by atoms with van der Waals surface area (Å²) in [6.07, 6.45) is 0. The largest absolute Gasteiger partial charge is 0.465 e. The van der Waals surface area contributed by atoms with Crippen molar-refractivity contribution in [2.45, 2.75) is 20.4 Å². The fourth-order valence-corrected chi connectivity index (χ4v) is 2.84. The number of carbonyl (C=O) groups excluding carboxylic acids is 3. The summed E-state index contributed by atoms with van der Waals surface area (Å²) in [5, 5.41) is 4.21. The maximum Gasteiger partial charge on any atom is 0.337 e. The third-order valence-electron chi connectivity index (χ3n) is 3.56. The molecule has 1 amide bonds. The minimum Gasteiger partial charge on any atom is -0.465 e. The van der Waals surface area contributed by atoms with Crippen molar-refractivity contribution in [3.05, 3.63) is 50.1 Å². The zero-order chi connectivity index (χ0) is 19.3. The van der Waals surface area contributed by atoms with Crippen molar-refractivity contribution < 1.29 is 23.9 Å². The van der Waals surface area contributed by atoms with Crippen molar-refractivity contribution in [2.75, 3.05) is 19.0 Å². The SMILES string of the molecule is COC(=O)c1ccc(C)c(NC(=O)COC(=O)Cn2c(C)csc2=O)c1. The molecular formula is C17H18N2O6S. The van der Waals surface area contributed by atoms with Crippen molar-refractivity contribution in [3.63, 3.8) is 0 Å². The Morgan fingerprint density at radius 1 is 1.23 bits per heavy atom. The minimum absolute atomic E-state index is 0.252. The molecule has 0 aliphatic rings. The number of anilines is 1. The van der Waals surface area contributed by atoms with Gasteiger partial charge in [-0.2, -0.15) is 0 Å². The van der Waals surface area contributed by atoms with Crippen LogP contribution in [0, 0.1) is 13.8 Å². The molecule has 0 spiro atoms. The summed E-state index contributed by atoms with van der Waals surface area (Å²) in [6.45, 7) is 2.71. The Morgan fingerprint density at radius 2 is 1.96 bits per heavy atom. The summed E-state index contributed by atoms with van der Waals surface area (Å²) in [5.41, 5.74) is 2.09. The summed E-state index contributed by atoms with van der Waals surface area (Å²) in [4.78, 5) is 46.6. The number of esters is 2. The molecule has 1 heterocycles. The zero-order valence-corrected chi connectivity index (χ0v) is 15.3. The molecular weight excluding hydrogens is 360 g/mol. The average molecular weight is 378 g/mol. The van der Waals surface area contributed by atoms with Crippen LogP contribution in [0.1, 0.15) is 21.6 Å². The summed E-state index contributed by atoms with van der Waals surface area (Å²) in [7, 11) is 1.26. The molecule has 2 aromatic rings. The van der Waals surface area contributed by atoms with E-state index in [2.05, 4.69) is 10.1 Å². The van der Waals surface area contributed by atoms with Gasteiger partial charge in [0.15, 0.2) is 6.61 Å². The first-order valence-corrected chi connectivity index (χ1v) is 8.49. The van der Waals surface area contributed by atoms with Crippen LogP contribution in [0.4, 0.5) is 5.69 Å². The first kappa shape index (κ1) is 19.4. The van der Waals surface area contributed by atoms with Crippen LogP contribution < -0.4 is 10.2 Å². The first-order valence-electron chi connectivity index (χ1n) is 7.61. The molecule has 2 rings (SSSR count). The third-order valence-corrected chi connectivity index (χ3v) is 4.44. The maximum absolute atomic E-state index is 12.0. The number of hydrogen-bond acceptors (Lipinski definition) is 7. The van der Waals surface area contributed by atoms with Crippen LogP contribution in [0.25, 0.3) is 0 Å². The average Bonchev–Trinajstić information content (AvgIpc) is 2.93. The van der Waals surface area contributed by atoms with Gasteiger partial charge >= 0.3 is 16.8 Å². The summed E-state index contributed by atoms with van der Waals surface area (Å²) < 4.78 is 10.8. The van der Waals surface area contributed by atoms with Crippen molar-refractivity contribution in [3.8, 4) is 0 Å². The maximum atomic E-state index is 12.0. The number of rotatable bonds is 6. The van der Waals surface area contributed by atoms with E-state index in [1.54, 1.807) is 31.4 Å². The van der Waals surface area contributed by atoms with Crippen LogP contribution in [0.15, 0.2) is 28.4 Å². The number of amides is 1. The third kappa shape index (κ3) is 4.79. The van der Waals surface area contributed by atoms with Gasteiger partial charge in [-0.3, -0.25) is 19.0 Å². The van der Waals surface area contributed by atoms with E-state index in [9.17, 15) is 19.2 Å². The van der Waals surface area contributed by atoms with Crippen LogP contribution >= 0.6 is 11.3 Å². The highest BCUT2D eigenvalue weighted by Gasteiger charge is 2.14. The van der Waals surface area contributed by atoms with E-state index < -0.39 is 24.5 Å². The number of hydrogen-bond donors (Lipinski definition) is 1. The van der Waals surface area contributed by atoms with Gasteiger partial charge in [0.1, 0.15) is 6.54 Å². The van der Waals surface area contributed by atoms with Gasteiger partial charge in [-0.25, -0.2) is 4.79 Å². The molecule has 0 fully saturated rings. The zero-order valence-electron chi connectivity index (χ0n) is 14.5. The van der Waals surface area contributed by atoms with Gasteiger partial charge in [0.2, 0.25) is 0 Å². The van der Waals surface area contributed by atoms with E-state index in [4.69, 9.17) is 4.74 Å². The number of aromatic nitrogens is 1. The molecule has 0 unspecified atom stereocenters. The lowest BCUT2D eigenvalue weighted by Crippen LogP contribution is -2.26. The molecule has 1 aromatic heterocycles. The van der Waals surface area contributed by atoms with Crippen LogP contribution in [0.3, 0.4) is 0 Å². The molecule has 0 saturated carbocycles. The highest BCUT2D eigenvalue weighted by atomic mass is 32.1. The molecule has 1 N–H and O–H groups in total. The fraction of sp³-hybridized carbons (Fsp3) is 0.294. The van der Waals surface area contributed by atoms with Crippen molar-refractivity contribution in [2.24, 2.45) is 0 Å². The van der Waals surface area contributed by atoms with Gasteiger partial charge in [-0.1, -0.05) is 17.4 Å². The van der Waals surface area contributed by atoms with E-state index in [0.717, 1.165) is 16.9 Å². The van der Waals surface area contributed by atoms with E-state index in [-0.39, 0.29) is 17.0 Å². The van der Waals surface area contributed by atoms with Crippen LogP contribution in [-0.2, 0) is 25.6 Å². The van der Waals surface area contributed by atoms with Gasteiger partial charge in [-0.05, 0) is 31.5 Å². The lowest BCUT2D eigenvalue weighted by molar-refractivity contribution is -0.147. The number of benzene rings is 1. The minimum atomic E-state index is -0.691. The molecule has 0 radical (unpaired) electrons. The lowest BCUT2D eigenvalue weighted by Gasteiger charge is -2.10. The second-order valence-electron chi connectivity index (χ2n) is 5.46. The van der Waals surface area contributed by atoms with Crippen molar-refractivity contribution in [1.82, 2.24) is 4.57 Å². The molecule has 0 aliphatic carbocycles. The van der Waals surface area contributed by atoms with E-state index in [1.807, 2.05) is 0 Å². The number of nitrogens with one attached hydrogen (secondary N) is 1. The van der Waals surface area contributed by atoms with Crippen molar-refractivity contribution >= 4 is 34.9 Å². The molecule has 0 bridgehead atoms. The molecule has 0 saturated heterocycles. The number of nitrogens with zero attached hydrogens (tertiary/aromatic N) is 1. The van der Waals surface area contributed by atoms with Crippen LogP contribution in [0.5, 0.6) is 0 Å². The number of carbonyl (C=O) groups is 3. The van der Waals surface area contributed by atoms with Crippen LogP contribution in [0.2, 0.25) is 0 Å². The summed E-state index contributed by atoms with van der Waals surface area (Å²) in [6, 6.07) is 4.73. The number of ether oxygens (including phenoxy) is 2. The standard InChI is InChI=1S/C17H18N2O6S/c1-10-4-5-12(16(22)24-3)6-13(10)18-14(20)8-25-15(21)7-19-11(2)9-26-17(19)23/h4-6,9H,7-8H2,1-3H3,(H,18,20). The summed E-state index contributed by atoms with van der Waals surface area (Å²) in [5.74, 6) is -1.77. The Bertz CT molecular complexity index is 899.